The van der Waals surface area contributed by atoms with Gasteiger partial charge in [0, 0.05) is 40.3 Å². The van der Waals surface area contributed by atoms with Crippen molar-refractivity contribution in [1.29, 1.82) is 0 Å². The van der Waals surface area contributed by atoms with Crippen molar-refractivity contribution >= 4 is 0 Å². The molecule has 0 heterocycles. The number of para-hydroxylation sites is 2. The first-order valence-electron chi connectivity index (χ1n) is 19.1. The van der Waals surface area contributed by atoms with Gasteiger partial charge in [0.05, 0.1) is 13.2 Å². The normalized spacial score (nSPS) is 8.04. The van der Waals surface area contributed by atoms with E-state index < -0.39 is 0 Å². The Morgan fingerprint density at radius 1 is 0.353 bits per heavy atom. The minimum Gasteiger partial charge on any atom is -0.494 e. The highest BCUT2D eigenvalue weighted by Crippen LogP contribution is 2.17. The Morgan fingerprint density at radius 3 is 0.784 bits per heavy atom. The van der Waals surface area contributed by atoms with Gasteiger partial charge in [0.1, 0.15) is 11.5 Å². The Labute approximate surface area is 319 Å². The van der Waals surface area contributed by atoms with E-state index in [0.717, 1.165) is 50.8 Å². The van der Waals surface area contributed by atoms with E-state index in [1.54, 1.807) is 14.2 Å². The summed E-state index contributed by atoms with van der Waals surface area (Å²) in [4.78, 5) is 0. The maximum absolute atomic E-state index is 5.43. The molecule has 0 unspecified atom stereocenters. The second-order valence-corrected chi connectivity index (χ2v) is 9.16. The minimum absolute atomic E-state index is 0. The lowest BCUT2D eigenvalue weighted by atomic mass is 10.1. The van der Waals surface area contributed by atoms with Crippen molar-refractivity contribution < 1.29 is 18.9 Å². The monoisotopic (exact) mass is 711 g/mol. The quantitative estimate of drug-likeness (QED) is 0.145. The van der Waals surface area contributed by atoms with Gasteiger partial charge in [-0.1, -0.05) is 200 Å². The third-order valence-electron chi connectivity index (χ3n) is 4.89. The average molecular weight is 711 g/mol. The van der Waals surface area contributed by atoms with Gasteiger partial charge < -0.3 is 18.9 Å². The molecule has 0 spiro atoms. The molecule has 0 aliphatic heterocycles. The van der Waals surface area contributed by atoms with Gasteiger partial charge in [0.15, 0.2) is 0 Å². The SMILES string of the molecule is C.CC.CC.CC.CC.CCC.CCC.COCCCOc1ccccc1.COCCCOc1ccccc1.c1ccc(-c2ccccc2)cc1. The highest BCUT2D eigenvalue weighted by atomic mass is 16.5. The van der Waals surface area contributed by atoms with Crippen LogP contribution in [-0.4, -0.2) is 40.6 Å². The summed E-state index contributed by atoms with van der Waals surface area (Å²) in [6.45, 7) is 27.5. The largest absolute Gasteiger partial charge is 0.494 e. The van der Waals surface area contributed by atoms with Gasteiger partial charge >= 0.3 is 0 Å². The fourth-order valence-corrected chi connectivity index (χ4v) is 3.08. The van der Waals surface area contributed by atoms with Crippen molar-refractivity contribution in [3.05, 3.63) is 121 Å². The van der Waals surface area contributed by atoms with Gasteiger partial charge in [-0.3, -0.25) is 0 Å². The van der Waals surface area contributed by atoms with E-state index in [-0.39, 0.29) is 7.43 Å². The standard InChI is InChI=1S/C12H10.2C10H14O2.2C3H8.4C2H6.CH4/c1-3-7-11(8-4-1)12-9-5-2-6-10-12;2*1-11-8-5-9-12-10-6-3-2-4-7-10;2*1-3-2;4*1-2;/h1-10H;2*2-4,6-7H,5,8-9H2,1H3;2*3H2,1-2H3;4*1-2H3;1H4. The van der Waals surface area contributed by atoms with Gasteiger partial charge in [-0.25, -0.2) is 0 Å². The molecule has 0 radical (unpaired) electrons. The lowest BCUT2D eigenvalue weighted by Crippen LogP contribution is -2.00. The van der Waals surface area contributed by atoms with E-state index in [2.05, 4.69) is 76.2 Å². The molecule has 4 nitrogen and oxygen atoms in total. The van der Waals surface area contributed by atoms with Crippen LogP contribution in [0.5, 0.6) is 11.5 Å². The molecular weight excluding hydrogens is 629 g/mol. The maximum Gasteiger partial charge on any atom is 0.119 e. The summed E-state index contributed by atoms with van der Waals surface area (Å²) < 4.78 is 20.7. The number of hydrogen-bond donors (Lipinski definition) is 0. The molecule has 0 N–H and O–H groups in total. The zero-order chi connectivity index (χ0) is 38.9. The minimum atomic E-state index is 0. The van der Waals surface area contributed by atoms with Crippen molar-refractivity contribution in [1.82, 2.24) is 0 Å². The van der Waals surface area contributed by atoms with E-state index in [9.17, 15) is 0 Å². The Kier molecular flexibility index (Phi) is 68.4. The highest BCUT2D eigenvalue weighted by Gasteiger charge is 1.92. The summed E-state index contributed by atoms with van der Waals surface area (Å²) in [6, 6.07) is 40.4. The average Bonchev–Trinajstić information content (AvgIpc) is 3.21. The van der Waals surface area contributed by atoms with Crippen LogP contribution in [0.3, 0.4) is 0 Å². The molecule has 0 aromatic heterocycles. The van der Waals surface area contributed by atoms with E-state index >= 15 is 0 Å². The summed E-state index contributed by atoms with van der Waals surface area (Å²) in [5.41, 5.74) is 2.55. The summed E-state index contributed by atoms with van der Waals surface area (Å²) in [5, 5.41) is 0. The molecule has 0 aliphatic carbocycles. The predicted molar refractivity (Wildman–Crippen MR) is 233 cm³/mol. The first kappa shape index (κ1) is 59.5. The first-order chi connectivity index (χ1) is 24.7. The number of methoxy groups -OCH3 is 2. The molecule has 4 rings (SSSR count). The van der Waals surface area contributed by atoms with Crippen molar-refractivity contribution in [2.45, 2.75) is 116 Å². The summed E-state index contributed by atoms with van der Waals surface area (Å²) in [6.07, 6.45) is 4.37. The number of benzene rings is 4. The second-order valence-electron chi connectivity index (χ2n) is 9.16. The molecule has 0 saturated heterocycles. The van der Waals surface area contributed by atoms with E-state index in [1.165, 1.54) is 24.0 Å². The first-order valence-corrected chi connectivity index (χ1v) is 19.1. The van der Waals surface area contributed by atoms with E-state index in [0.29, 0.717) is 0 Å². The molecule has 4 heteroatoms. The lowest BCUT2D eigenvalue weighted by molar-refractivity contribution is 0.172. The van der Waals surface area contributed by atoms with Crippen LogP contribution in [0.2, 0.25) is 0 Å². The fraction of sp³-hybridized carbons (Fsp3) is 0.489. The summed E-state index contributed by atoms with van der Waals surface area (Å²) >= 11 is 0. The van der Waals surface area contributed by atoms with Crippen molar-refractivity contribution in [2.75, 3.05) is 40.6 Å². The highest BCUT2D eigenvalue weighted by molar-refractivity contribution is 5.62. The summed E-state index contributed by atoms with van der Waals surface area (Å²) in [7, 11) is 3.39. The second kappa shape index (κ2) is 58.6. The van der Waals surface area contributed by atoms with Crippen LogP contribution in [0.15, 0.2) is 121 Å². The Balaban J connectivity index is -0.000000125. The Morgan fingerprint density at radius 2 is 0.569 bits per heavy atom. The van der Waals surface area contributed by atoms with Crippen LogP contribution in [-0.2, 0) is 9.47 Å². The molecule has 4 aromatic rings. The van der Waals surface area contributed by atoms with Crippen LogP contribution in [0.4, 0.5) is 0 Å². The molecule has 0 aliphatic rings. The molecule has 0 amide bonds. The van der Waals surface area contributed by atoms with Crippen molar-refractivity contribution in [2.24, 2.45) is 0 Å². The van der Waals surface area contributed by atoms with Crippen LogP contribution in [0.25, 0.3) is 11.1 Å². The summed E-state index contributed by atoms with van der Waals surface area (Å²) in [5.74, 6) is 1.85. The number of rotatable bonds is 11. The molecule has 0 saturated carbocycles. The molecule has 51 heavy (non-hydrogen) atoms. The number of ether oxygens (including phenoxy) is 4. The Hall–Kier alpha value is -3.60. The van der Waals surface area contributed by atoms with Crippen LogP contribution in [0.1, 0.15) is 116 Å². The van der Waals surface area contributed by atoms with Gasteiger partial charge in [-0.05, 0) is 35.4 Å². The van der Waals surface area contributed by atoms with Crippen LogP contribution in [0, 0.1) is 0 Å². The molecule has 0 atom stereocenters. The third kappa shape index (κ3) is 46.4. The van der Waals surface area contributed by atoms with E-state index in [4.69, 9.17) is 18.9 Å². The van der Waals surface area contributed by atoms with Crippen LogP contribution >= 0.6 is 0 Å². The fourth-order valence-electron chi connectivity index (χ4n) is 3.08. The van der Waals surface area contributed by atoms with Gasteiger partial charge in [0.25, 0.3) is 0 Å². The molecule has 294 valence electrons. The van der Waals surface area contributed by atoms with Crippen molar-refractivity contribution in [3.63, 3.8) is 0 Å². The zero-order valence-corrected chi connectivity index (χ0v) is 34.8. The zero-order valence-electron chi connectivity index (χ0n) is 34.8. The van der Waals surface area contributed by atoms with Gasteiger partial charge in [-0.2, -0.15) is 0 Å². The molecular formula is C47H82O4. The molecule has 4 aromatic carbocycles. The third-order valence-corrected chi connectivity index (χ3v) is 4.89. The predicted octanol–water partition coefficient (Wildman–Crippen LogP) is 15.1. The molecule has 0 bridgehead atoms. The number of hydrogen-bond acceptors (Lipinski definition) is 4. The maximum atomic E-state index is 5.43. The van der Waals surface area contributed by atoms with Gasteiger partial charge in [-0.15, -0.1) is 0 Å². The van der Waals surface area contributed by atoms with E-state index in [1.807, 2.05) is 128 Å². The molecule has 0 fully saturated rings. The van der Waals surface area contributed by atoms with Crippen molar-refractivity contribution in [3.8, 4) is 22.6 Å². The topological polar surface area (TPSA) is 36.9 Å². The van der Waals surface area contributed by atoms with Crippen LogP contribution < -0.4 is 9.47 Å². The lowest BCUT2D eigenvalue weighted by Gasteiger charge is -2.04. The van der Waals surface area contributed by atoms with Gasteiger partial charge in [0.2, 0.25) is 0 Å². The Bertz CT molecular complexity index is 940. The smallest absolute Gasteiger partial charge is 0.119 e.